The summed E-state index contributed by atoms with van der Waals surface area (Å²) in [6.45, 7) is 3.22. The first-order valence-electron chi connectivity index (χ1n) is 8.75. The predicted octanol–water partition coefficient (Wildman–Crippen LogP) is 0.691. The molecule has 8 heteroatoms. The second-order valence-electron chi connectivity index (χ2n) is 6.63. The smallest absolute Gasteiger partial charge is 0.310 e. The molecular weight excluding hydrogens is 352 g/mol. The van der Waals surface area contributed by atoms with Gasteiger partial charge < -0.3 is 14.7 Å². The highest BCUT2D eigenvalue weighted by Gasteiger charge is 2.35. The van der Waals surface area contributed by atoms with E-state index < -0.39 is 29.8 Å². The zero-order chi connectivity index (χ0) is 20.1. The molecule has 0 saturated heterocycles. The van der Waals surface area contributed by atoms with Crippen LogP contribution >= 0.6 is 0 Å². The lowest BCUT2D eigenvalue weighted by Gasteiger charge is -2.27. The third-order valence-corrected chi connectivity index (χ3v) is 4.36. The normalized spacial score (nSPS) is 15.3. The van der Waals surface area contributed by atoms with Crippen LogP contribution in [-0.2, 0) is 14.3 Å². The number of aliphatic hydroxyl groups is 1. The van der Waals surface area contributed by atoms with Crippen LogP contribution in [0.1, 0.15) is 41.0 Å². The number of hydrogen-bond acceptors (Lipinski definition) is 6. The van der Waals surface area contributed by atoms with Gasteiger partial charge in [-0.3, -0.25) is 24.1 Å². The Kier molecular flexibility index (Phi) is 6.68. The minimum Gasteiger partial charge on any atom is -0.469 e. The minimum absolute atomic E-state index is 0.0439. The van der Waals surface area contributed by atoms with Crippen LogP contribution in [0, 0.1) is 5.92 Å². The molecule has 2 unspecified atom stereocenters. The monoisotopic (exact) mass is 376 g/mol. The van der Waals surface area contributed by atoms with E-state index in [0.29, 0.717) is 11.1 Å². The second kappa shape index (κ2) is 8.77. The minimum atomic E-state index is -0.780. The third kappa shape index (κ3) is 4.71. The lowest BCUT2D eigenvalue weighted by molar-refractivity contribution is -0.146. The Hall–Kier alpha value is -2.74. The zero-order valence-electron chi connectivity index (χ0n) is 15.7. The largest absolute Gasteiger partial charge is 0.469 e. The predicted molar refractivity (Wildman–Crippen MR) is 95.9 cm³/mol. The number of carbonyl (C=O) groups excluding carboxylic acids is 4. The summed E-state index contributed by atoms with van der Waals surface area (Å²) in [5.41, 5.74) is 0.658. The molecule has 0 saturated carbocycles. The third-order valence-electron chi connectivity index (χ3n) is 4.36. The number of benzene rings is 1. The molecule has 3 amide bonds. The van der Waals surface area contributed by atoms with Crippen molar-refractivity contribution in [3.63, 3.8) is 0 Å². The zero-order valence-corrected chi connectivity index (χ0v) is 15.7. The molecule has 0 aliphatic carbocycles. The van der Waals surface area contributed by atoms with Crippen LogP contribution in [0.15, 0.2) is 24.3 Å². The van der Waals surface area contributed by atoms with Crippen molar-refractivity contribution in [3.8, 4) is 0 Å². The standard InChI is InChI=1S/C19H24N2O6/c1-12(19(26)27-3)10-20(11-13(2)22)16(23)8-9-21-17(24)14-6-4-5-7-15(14)18(21)25/h4-7,12-13,22H,8-11H2,1-3H3. The Bertz CT molecular complexity index is 710. The molecule has 146 valence electrons. The number of rotatable bonds is 8. The molecule has 2 rings (SSSR count). The van der Waals surface area contributed by atoms with Gasteiger partial charge in [0.15, 0.2) is 0 Å². The molecule has 1 aliphatic rings. The number of aliphatic hydroxyl groups excluding tert-OH is 1. The Balaban J connectivity index is 2.02. The fourth-order valence-electron chi connectivity index (χ4n) is 3.01. The number of imide groups is 1. The molecule has 1 aromatic carbocycles. The maximum Gasteiger partial charge on any atom is 0.310 e. The van der Waals surface area contributed by atoms with Gasteiger partial charge in [0.05, 0.1) is 30.3 Å². The lowest BCUT2D eigenvalue weighted by Crippen LogP contribution is -2.43. The van der Waals surface area contributed by atoms with E-state index in [2.05, 4.69) is 4.74 Å². The first-order valence-corrected chi connectivity index (χ1v) is 8.75. The topological polar surface area (TPSA) is 104 Å². The number of amides is 3. The van der Waals surface area contributed by atoms with Gasteiger partial charge in [-0.1, -0.05) is 19.1 Å². The van der Waals surface area contributed by atoms with Gasteiger partial charge in [0, 0.05) is 26.1 Å². The molecule has 0 fully saturated rings. The number of esters is 1. The summed E-state index contributed by atoms with van der Waals surface area (Å²) in [5, 5.41) is 9.63. The van der Waals surface area contributed by atoms with E-state index in [-0.39, 0.29) is 32.0 Å². The average molecular weight is 376 g/mol. The molecule has 1 aliphatic heterocycles. The number of ether oxygens (including phenoxy) is 1. The summed E-state index contributed by atoms with van der Waals surface area (Å²) in [5.74, 6) is -2.22. The average Bonchev–Trinajstić information content (AvgIpc) is 2.89. The van der Waals surface area contributed by atoms with Gasteiger partial charge in [-0.25, -0.2) is 0 Å². The number of carbonyl (C=O) groups is 4. The van der Waals surface area contributed by atoms with E-state index in [1.54, 1.807) is 31.2 Å². The van der Waals surface area contributed by atoms with Crippen LogP contribution in [0.3, 0.4) is 0 Å². The highest BCUT2D eigenvalue weighted by molar-refractivity contribution is 6.21. The summed E-state index contributed by atoms with van der Waals surface area (Å²) in [7, 11) is 1.27. The first kappa shape index (κ1) is 20.6. The quantitative estimate of drug-likeness (QED) is 0.529. The van der Waals surface area contributed by atoms with Gasteiger partial charge in [-0.15, -0.1) is 0 Å². The highest BCUT2D eigenvalue weighted by atomic mass is 16.5. The number of fused-ring (bicyclic) bond motifs is 1. The van der Waals surface area contributed by atoms with E-state index in [0.717, 1.165) is 4.90 Å². The number of nitrogens with zero attached hydrogens (tertiary/aromatic N) is 2. The molecule has 1 heterocycles. The number of methoxy groups -OCH3 is 1. The Morgan fingerprint density at radius 1 is 1.11 bits per heavy atom. The van der Waals surface area contributed by atoms with Crippen molar-refractivity contribution < 1.29 is 29.0 Å². The molecular formula is C19H24N2O6. The fraction of sp³-hybridized carbons (Fsp3) is 0.474. The Morgan fingerprint density at radius 3 is 2.15 bits per heavy atom. The van der Waals surface area contributed by atoms with Crippen LogP contribution in [0.2, 0.25) is 0 Å². The Labute approximate surface area is 157 Å². The van der Waals surface area contributed by atoms with E-state index in [4.69, 9.17) is 0 Å². The van der Waals surface area contributed by atoms with Crippen molar-refractivity contribution in [2.45, 2.75) is 26.4 Å². The number of hydrogen-bond donors (Lipinski definition) is 1. The lowest BCUT2D eigenvalue weighted by atomic mass is 10.1. The molecule has 1 N–H and O–H groups in total. The van der Waals surface area contributed by atoms with E-state index in [1.807, 2.05) is 0 Å². The second-order valence-corrected chi connectivity index (χ2v) is 6.63. The first-order chi connectivity index (χ1) is 12.8. The van der Waals surface area contributed by atoms with Crippen molar-refractivity contribution in [2.75, 3.05) is 26.7 Å². The van der Waals surface area contributed by atoms with E-state index >= 15 is 0 Å². The van der Waals surface area contributed by atoms with Crippen molar-refractivity contribution >= 4 is 23.7 Å². The summed E-state index contributed by atoms with van der Waals surface area (Å²) in [4.78, 5) is 51.3. The molecule has 2 atom stereocenters. The van der Waals surface area contributed by atoms with E-state index in [1.165, 1.54) is 18.9 Å². The molecule has 1 aromatic rings. The SMILES string of the molecule is COC(=O)C(C)CN(CC(C)O)C(=O)CCN1C(=O)c2ccccc2C1=O. The van der Waals surface area contributed by atoms with Crippen LogP contribution in [0.4, 0.5) is 0 Å². The maximum absolute atomic E-state index is 12.6. The van der Waals surface area contributed by atoms with Gasteiger partial charge in [0.25, 0.3) is 11.8 Å². The van der Waals surface area contributed by atoms with Crippen LogP contribution < -0.4 is 0 Å². The van der Waals surface area contributed by atoms with Gasteiger partial charge in [-0.05, 0) is 19.1 Å². The summed E-state index contributed by atoms with van der Waals surface area (Å²) in [6.07, 6.45) is -0.871. The van der Waals surface area contributed by atoms with Gasteiger partial charge in [0.2, 0.25) is 5.91 Å². The molecule has 0 bridgehead atoms. The molecule has 0 spiro atoms. The van der Waals surface area contributed by atoms with E-state index in [9.17, 15) is 24.3 Å². The van der Waals surface area contributed by atoms with Gasteiger partial charge in [-0.2, -0.15) is 0 Å². The molecule has 27 heavy (non-hydrogen) atoms. The summed E-state index contributed by atoms with van der Waals surface area (Å²) in [6, 6.07) is 6.51. The van der Waals surface area contributed by atoms with Crippen molar-refractivity contribution in [1.29, 1.82) is 0 Å². The van der Waals surface area contributed by atoms with Crippen molar-refractivity contribution in [3.05, 3.63) is 35.4 Å². The van der Waals surface area contributed by atoms with Gasteiger partial charge in [0.1, 0.15) is 0 Å². The fourth-order valence-corrected chi connectivity index (χ4v) is 3.01. The summed E-state index contributed by atoms with van der Waals surface area (Å²) < 4.78 is 4.67. The van der Waals surface area contributed by atoms with Crippen LogP contribution in [0.5, 0.6) is 0 Å². The van der Waals surface area contributed by atoms with Crippen LogP contribution in [-0.4, -0.2) is 71.4 Å². The van der Waals surface area contributed by atoms with Crippen molar-refractivity contribution in [1.82, 2.24) is 9.80 Å². The molecule has 0 radical (unpaired) electrons. The maximum atomic E-state index is 12.6. The highest BCUT2D eigenvalue weighted by Crippen LogP contribution is 2.22. The van der Waals surface area contributed by atoms with Gasteiger partial charge >= 0.3 is 5.97 Å². The molecule has 0 aromatic heterocycles. The van der Waals surface area contributed by atoms with Crippen molar-refractivity contribution in [2.24, 2.45) is 5.92 Å². The summed E-state index contributed by atoms with van der Waals surface area (Å²) >= 11 is 0. The van der Waals surface area contributed by atoms with Crippen LogP contribution in [0.25, 0.3) is 0 Å². The molecule has 8 nitrogen and oxygen atoms in total. The Morgan fingerprint density at radius 2 is 1.67 bits per heavy atom.